The van der Waals surface area contributed by atoms with E-state index >= 15 is 0 Å². The van der Waals surface area contributed by atoms with Gasteiger partial charge < -0.3 is 19.4 Å². The molecule has 0 spiro atoms. The third-order valence-electron chi connectivity index (χ3n) is 6.31. The number of benzene rings is 1. The molecule has 1 atom stereocenters. The maximum atomic E-state index is 12.6. The lowest BCUT2D eigenvalue weighted by molar-refractivity contribution is 0.0985. The molecule has 5 rings (SSSR count). The number of hydrogen-bond acceptors (Lipinski definition) is 9. The monoisotopic (exact) mass is 498 g/mol. The van der Waals surface area contributed by atoms with Gasteiger partial charge in [0.05, 0.1) is 31.1 Å². The van der Waals surface area contributed by atoms with Crippen LogP contribution in [0.25, 0.3) is 11.4 Å². The van der Waals surface area contributed by atoms with Crippen LogP contribution in [-0.4, -0.2) is 61.5 Å². The maximum Gasteiger partial charge on any atom is 0.327 e. The minimum atomic E-state index is -3.35. The lowest BCUT2D eigenvalue weighted by Crippen LogP contribution is -2.44. The van der Waals surface area contributed by atoms with E-state index in [2.05, 4.69) is 20.5 Å². The van der Waals surface area contributed by atoms with Gasteiger partial charge in [-0.05, 0) is 44.0 Å². The average Bonchev–Trinajstić information content (AvgIpc) is 3.51. The Morgan fingerprint density at radius 1 is 1.17 bits per heavy atom. The van der Waals surface area contributed by atoms with Gasteiger partial charge in [-0.15, -0.1) is 0 Å². The fourth-order valence-corrected chi connectivity index (χ4v) is 5.52. The van der Waals surface area contributed by atoms with E-state index in [9.17, 15) is 13.2 Å². The molecule has 2 aromatic heterocycles. The molecule has 1 aromatic carbocycles. The normalized spacial score (nSPS) is 19.3. The number of sulfone groups is 1. The molecule has 1 aliphatic carbocycles. The van der Waals surface area contributed by atoms with Crippen LogP contribution in [0.3, 0.4) is 0 Å². The van der Waals surface area contributed by atoms with Crippen molar-refractivity contribution >= 4 is 33.4 Å². The van der Waals surface area contributed by atoms with Crippen molar-refractivity contribution in [2.45, 2.75) is 30.6 Å². The van der Waals surface area contributed by atoms with Crippen LogP contribution in [0.15, 0.2) is 47.2 Å². The number of rotatable bonds is 6. The predicted octanol–water partition coefficient (Wildman–Crippen LogP) is 3.03. The van der Waals surface area contributed by atoms with Crippen LogP contribution in [0.1, 0.15) is 25.5 Å². The van der Waals surface area contributed by atoms with E-state index in [4.69, 9.17) is 19.1 Å². The lowest BCUT2D eigenvalue weighted by atomic mass is 10.1. The number of urea groups is 1. The number of nitrogens with zero attached hydrogens (tertiary/aromatic N) is 4. The summed E-state index contributed by atoms with van der Waals surface area (Å²) < 4.78 is 34.8. The summed E-state index contributed by atoms with van der Waals surface area (Å²) in [5, 5.41) is 5.19. The van der Waals surface area contributed by atoms with Crippen LogP contribution < -0.4 is 15.5 Å². The molecule has 2 amide bonds. The number of ether oxygens (including phenoxy) is 1. The van der Waals surface area contributed by atoms with E-state index in [-0.39, 0.29) is 12.1 Å². The Balaban J connectivity index is 1.45. The molecule has 1 aliphatic heterocycles. The summed E-state index contributed by atoms with van der Waals surface area (Å²) in [7, 11) is -3.35. The second-order valence-corrected chi connectivity index (χ2v) is 11.1. The fourth-order valence-electron chi connectivity index (χ4n) is 4.19. The zero-order chi connectivity index (χ0) is 24.6. The molecule has 12 heteroatoms. The largest absolute Gasteiger partial charge is 0.432 e. The second kappa shape index (κ2) is 8.93. The highest BCUT2D eigenvalue weighted by atomic mass is 32.2. The van der Waals surface area contributed by atoms with Crippen LogP contribution in [0.2, 0.25) is 0 Å². The van der Waals surface area contributed by atoms with Gasteiger partial charge in [0.1, 0.15) is 16.8 Å². The van der Waals surface area contributed by atoms with Crippen LogP contribution in [-0.2, 0) is 19.3 Å². The smallest absolute Gasteiger partial charge is 0.327 e. The molecule has 2 fully saturated rings. The minimum Gasteiger partial charge on any atom is -0.432 e. The molecular formula is C23H26N6O5S. The van der Waals surface area contributed by atoms with E-state index < -0.39 is 20.6 Å². The first kappa shape index (κ1) is 23.2. The molecule has 2 aliphatic rings. The number of amides is 2. The standard InChI is InChI=1S/C23H26N6O5S/c1-15-14-33-12-10-29(15)19-13-18(23(7-8-23)35(2,31)32)26-20(27-19)16-3-5-17(6-4-16)25-21(30)28-22-24-9-11-34-22/h3-6,9,11,13,15H,7-8,10,12,14H2,1-2H3,(H2,24,25,28,30)/t15-/m0/s1. The molecule has 184 valence electrons. The van der Waals surface area contributed by atoms with Crippen molar-refractivity contribution in [3.63, 3.8) is 0 Å². The molecule has 0 bridgehead atoms. The zero-order valence-corrected chi connectivity index (χ0v) is 20.2. The van der Waals surface area contributed by atoms with Crippen molar-refractivity contribution in [1.82, 2.24) is 15.0 Å². The Hall–Kier alpha value is -3.51. The number of hydrogen-bond donors (Lipinski definition) is 2. The van der Waals surface area contributed by atoms with Gasteiger partial charge in [0.2, 0.25) is 0 Å². The molecule has 11 nitrogen and oxygen atoms in total. The van der Waals surface area contributed by atoms with Crippen molar-refractivity contribution in [3.05, 3.63) is 48.5 Å². The lowest BCUT2D eigenvalue weighted by Gasteiger charge is -2.34. The first-order valence-electron chi connectivity index (χ1n) is 11.3. The molecule has 1 saturated heterocycles. The van der Waals surface area contributed by atoms with Gasteiger partial charge in [-0.25, -0.2) is 28.2 Å². The van der Waals surface area contributed by atoms with E-state index in [0.717, 1.165) is 0 Å². The minimum absolute atomic E-state index is 0.0917. The van der Waals surface area contributed by atoms with E-state index in [1.807, 2.05) is 13.0 Å². The predicted molar refractivity (Wildman–Crippen MR) is 130 cm³/mol. The average molecular weight is 499 g/mol. The number of carbonyl (C=O) groups excluding carboxylic acids is 1. The zero-order valence-electron chi connectivity index (χ0n) is 19.4. The summed E-state index contributed by atoms with van der Waals surface area (Å²) in [4.78, 5) is 27.6. The SMILES string of the molecule is C[C@H]1COCCN1c1cc(C2(S(C)(=O)=O)CC2)nc(-c2ccc(NC(=O)Nc3ncco3)cc2)n1. The Labute approximate surface area is 202 Å². The molecule has 0 radical (unpaired) electrons. The van der Waals surface area contributed by atoms with Gasteiger partial charge in [-0.1, -0.05) is 0 Å². The first-order chi connectivity index (χ1) is 16.7. The quantitative estimate of drug-likeness (QED) is 0.525. The van der Waals surface area contributed by atoms with E-state index in [0.29, 0.717) is 61.2 Å². The molecule has 2 N–H and O–H groups in total. The van der Waals surface area contributed by atoms with E-state index in [1.54, 1.807) is 24.3 Å². The Morgan fingerprint density at radius 3 is 2.57 bits per heavy atom. The Kier molecular flexibility index (Phi) is 5.93. The summed E-state index contributed by atoms with van der Waals surface area (Å²) >= 11 is 0. The van der Waals surface area contributed by atoms with Crippen molar-refractivity contribution < 1.29 is 22.4 Å². The number of aromatic nitrogens is 3. The third kappa shape index (κ3) is 4.71. The summed E-state index contributed by atoms with van der Waals surface area (Å²) in [6.45, 7) is 3.85. The molecule has 3 aromatic rings. The van der Waals surface area contributed by atoms with Crippen molar-refractivity contribution in [3.8, 4) is 11.4 Å². The van der Waals surface area contributed by atoms with Crippen molar-refractivity contribution in [2.75, 3.05) is 41.5 Å². The van der Waals surface area contributed by atoms with Crippen molar-refractivity contribution in [2.24, 2.45) is 0 Å². The molecule has 3 heterocycles. The van der Waals surface area contributed by atoms with Gasteiger partial charge in [0.25, 0.3) is 0 Å². The number of carbonyl (C=O) groups is 1. The number of nitrogens with one attached hydrogen (secondary N) is 2. The third-order valence-corrected chi connectivity index (χ3v) is 8.35. The summed E-state index contributed by atoms with van der Waals surface area (Å²) in [5.41, 5.74) is 1.77. The maximum absolute atomic E-state index is 12.6. The van der Waals surface area contributed by atoms with Gasteiger partial charge >= 0.3 is 12.0 Å². The highest BCUT2D eigenvalue weighted by Gasteiger charge is 2.55. The Bertz CT molecular complexity index is 1320. The first-order valence-corrected chi connectivity index (χ1v) is 13.2. The number of morpholine rings is 1. The fraction of sp³-hybridized carbons (Fsp3) is 0.391. The summed E-state index contributed by atoms with van der Waals surface area (Å²) in [6, 6.07) is 8.52. The highest BCUT2D eigenvalue weighted by molar-refractivity contribution is 7.91. The number of oxazole rings is 1. The molecule has 35 heavy (non-hydrogen) atoms. The Morgan fingerprint density at radius 2 is 1.94 bits per heavy atom. The van der Waals surface area contributed by atoms with Crippen LogP contribution in [0, 0.1) is 0 Å². The van der Waals surface area contributed by atoms with Gasteiger partial charge in [0.15, 0.2) is 15.7 Å². The number of anilines is 3. The van der Waals surface area contributed by atoms with Crippen LogP contribution in [0.5, 0.6) is 0 Å². The van der Waals surface area contributed by atoms with Gasteiger partial charge in [-0.3, -0.25) is 5.32 Å². The molecule has 1 saturated carbocycles. The second-order valence-electron chi connectivity index (χ2n) is 8.81. The van der Waals surface area contributed by atoms with Gasteiger partial charge in [0, 0.05) is 30.1 Å². The van der Waals surface area contributed by atoms with Crippen molar-refractivity contribution in [1.29, 1.82) is 0 Å². The van der Waals surface area contributed by atoms with Gasteiger partial charge in [-0.2, -0.15) is 0 Å². The molecule has 0 unspecified atom stereocenters. The highest BCUT2D eigenvalue weighted by Crippen LogP contribution is 2.52. The van der Waals surface area contributed by atoms with Crippen LogP contribution >= 0.6 is 0 Å². The molecular weight excluding hydrogens is 472 g/mol. The summed E-state index contributed by atoms with van der Waals surface area (Å²) in [5.74, 6) is 1.12. The topological polar surface area (TPSA) is 140 Å². The van der Waals surface area contributed by atoms with Crippen LogP contribution in [0.4, 0.5) is 22.3 Å². The summed E-state index contributed by atoms with van der Waals surface area (Å²) in [6.07, 6.45) is 5.15. The van der Waals surface area contributed by atoms with E-state index in [1.165, 1.54) is 18.7 Å².